The minimum Gasteiger partial charge on any atom is -0.343 e. The molecule has 0 aromatic carbocycles. The molecular weight excluding hydrogens is 202 g/mol. The second-order valence-electron chi connectivity index (χ2n) is 3.83. The lowest BCUT2D eigenvalue weighted by atomic mass is 10.1. The second kappa shape index (κ2) is 5.78. The summed E-state index contributed by atoms with van der Waals surface area (Å²) in [6.07, 6.45) is 5.32. The molecule has 3 nitrogen and oxygen atoms in total. The summed E-state index contributed by atoms with van der Waals surface area (Å²) in [5, 5.41) is 3.67. The third-order valence-corrected chi connectivity index (χ3v) is 2.17. The first kappa shape index (κ1) is 12.1. The normalized spacial score (nSPS) is 11.9. The van der Waals surface area contributed by atoms with Gasteiger partial charge in [0.15, 0.2) is 5.82 Å². The van der Waals surface area contributed by atoms with E-state index in [-0.39, 0.29) is 6.42 Å². The van der Waals surface area contributed by atoms with E-state index in [1.54, 1.807) is 0 Å². The molecule has 0 unspecified atom stereocenters. The molecule has 86 valence electrons. The molecule has 0 aliphatic carbocycles. The minimum absolute atomic E-state index is 0.0186. The van der Waals surface area contributed by atoms with Crippen LogP contribution in [0.25, 0.3) is 0 Å². The fourth-order valence-corrected chi connectivity index (χ4v) is 1.37. The molecular formula is C10H16F2N2O. The molecule has 0 N–H and O–H groups in total. The molecule has 0 saturated carbocycles. The molecule has 0 saturated heterocycles. The van der Waals surface area contributed by atoms with Gasteiger partial charge in [-0.3, -0.25) is 0 Å². The van der Waals surface area contributed by atoms with Crippen LogP contribution >= 0.6 is 0 Å². The standard InChI is InChI=1S/C10H16F2N2O/c1-10(11,12)7-5-3-2-4-6-9-13-8-15-14-9/h8H,2-7H2,1H3. The molecule has 0 atom stereocenters. The number of aromatic nitrogens is 2. The highest BCUT2D eigenvalue weighted by molar-refractivity contribution is 4.77. The van der Waals surface area contributed by atoms with E-state index in [9.17, 15) is 8.78 Å². The highest BCUT2D eigenvalue weighted by Crippen LogP contribution is 2.20. The molecule has 0 amide bonds. The van der Waals surface area contributed by atoms with E-state index in [0.717, 1.165) is 32.6 Å². The monoisotopic (exact) mass is 218 g/mol. The van der Waals surface area contributed by atoms with Crippen LogP contribution in [0.1, 0.15) is 44.9 Å². The summed E-state index contributed by atoms with van der Waals surface area (Å²) >= 11 is 0. The lowest BCUT2D eigenvalue weighted by Gasteiger charge is -2.08. The summed E-state index contributed by atoms with van der Waals surface area (Å²) in [5.41, 5.74) is 0. The maximum absolute atomic E-state index is 12.4. The fourth-order valence-electron chi connectivity index (χ4n) is 1.37. The van der Waals surface area contributed by atoms with Gasteiger partial charge in [-0.05, 0) is 19.8 Å². The number of unbranched alkanes of at least 4 members (excludes halogenated alkanes) is 3. The fraction of sp³-hybridized carbons (Fsp3) is 0.800. The van der Waals surface area contributed by atoms with Gasteiger partial charge in [-0.2, -0.15) is 4.98 Å². The van der Waals surface area contributed by atoms with E-state index < -0.39 is 5.92 Å². The van der Waals surface area contributed by atoms with Crippen LogP contribution in [0, 0.1) is 0 Å². The molecule has 15 heavy (non-hydrogen) atoms. The van der Waals surface area contributed by atoms with Crippen LogP contribution in [0.2, 0.25) is 0 Å². The predicted molar refractivity (Wildman–Crippen MR) is 51.7 cm³/mol. The number of aryl methyl sites for hydroxylation is 1. The van der Waals surface area contributed by atoms with Crippen LogP contribution in [0.4, 0.5) is 8.78 Å². The maximum Gasteiger partial charge on any atom is 0.245 e. The number of rotatable bonds is 7. The molecule has 0 radical (unpaired) electrons. The maximum atomic E-state index is 12.4. The van der Waals surface area contributed by atoms with Crippen molar-refractivity contribution in [1.82, 2.24) is 10.1 Å². The Morgan fingerprint density at radius 2 is 2.00 bits per heavy atom. The zero-order valence-electron chi connectivity index (χ0n) is 8.88. The Bertz CT molecular complexity index is 257. The number of halogens is 2. The van der Waals surface area contributed by atoms with Gasteiger partial charge in [-0.15, -0.1) is 0 Å². The minimum atomic E-state index is -2.52. The summed E-state index contributed by atoms with van der Waals surface area (Å²) in [4.78, 5) is 3.88. The Balaban J connectivity index is 1.94. The Morgan fingerprint density at radius 1 is 1.27 bits per heavy atom. The van der Waals surface area contributed by atoms with E-state index in [4.69, 9.17) is 0 Å². The summed E-state index contributed by atoms with van der Waals surface area (Å²) in [7, 11) is 0. The average molecular weight is 218 g/mol. The van der Waals surface area contributed by atoms with Crippen molar-refractivity contribution in [3.63, 3.8) is 0 Å². The third kappa shape index (κ3) is 6.14. The Hall–Kier alpha value is -1.00. The Kier molecular flexibility index (Phi) is 4.65. The van der Waals surface area contributed by atoms with E-state index in [1.807, 2.05) is 0 Å². The highest BCUT2D eigenvalue weighted by Gasteiger charge is 2.19. The lowest BCUT2D eigenvalue weighted by Crippen LogP contribution is -2.08. The van der Waals surface area contributed by atoms with Crippen LogP contribution in [0.3, 0.4) is 0 Å². The molecule has 5 heteroatoms. The van der Waals surface area contributed by atoms with Gasteiger partial charge in [0.25, 0.3) is 0 Å². The van der Waals surface area contributed by atoms with Crippen molar-refractivity contribution in [3.05, 3.63) is 12.2 Å². The van der Waals surface area contributed by atoms with Gasteiger partial charge in [0.05, 0.1) is 0 Å². The first-order valence-electron chi connectivity index (χ1n) is 5.21. The van der Waals surface area contributed by atoms with Gasteiger partial charge in [0.2, 0.25) is 12.3 Å². The third-order valence-electron chi connectivity index (χ3n) is 2.17. The largest absolute Gasteiger partial charge is 0.343 e. The Labute approximate surface area is 87.9 Å². The molecule has 0 fully saturated rings. The Morgan fingerprint density at radius 3 is 2.60 bits per heavy atom. The van der Waals surface area contributed by atoms with Gasteiger partial charge in [0, 0.05) is 12.8 Å². The van der Waals surface area contributed by atoms with Crippen molar-refractivity contribution in [2.75, 3.05) is 0 Å². The van der Waals surface area contributed by atoms with E-state index >= 15 is 0 Å². The quantitative estimate of drug-likeness (QED) is 0.659. The van der Waals surface area contributed by atoms with Gasteiger partial charge < -0.3 is 4.52 Å². The van der Waals surface area contributed by atoms with Crippen molar-refractivity contribution in [2.45, 2.75) is 51.4 Å². The van der Waals surface area contributed by atoms with Gasteiger partial charge in [0.1, 0.15) is 0 Å². The second-order valence-corrected chi connectivity index (χ2v) is 3.83. The number of hydrogen-bond acceptors (Lipinski definition) is 3. The van der Waals surface area contributed by atoms with Crippen molar-refractivity contribution >= 4 is 0 Å². The summed E-state index contributed by atoms with van der Waals surface area (Å²) in [6, 6.07) is 0. The van der Waals surface area contributed by atoms with Crippen LogP contribution in [-0.4, -0.2) is 16.1 Å². The zero-order chi connectivity index (χ0) is 11.1. The molecule has 1 rings (SSSR count). The van der Waals surface area contributed by atoms with Crippen molar-refractivity contribution in [1.29, 1.82) is 0 Å². The first-order chi connectivity index (χ1) is 7.08. The average Bonchev–Trinajstić information content (AvgIpc) is 2.61. The molecule has 0 bridgehead atoms. The molecule has 0 spiro atoms. The zero-order valence-corrected chi connectivity index (χ0v) is 8.88. The van der Waals surface area contributed by atoms with Gasteiger partial charge >= 0.3 is 0 Å². The van der Waals surface area contributed by atoms with E-state index in [1.165, 1.54) is 6.39 Å². The number of hydrogen-bond donors (Lipinski definition) is 0. The van der Waals surface area contributed by atoms with Crippen LogP contribution in [0.5, 0.6) is 0 Å². The summed E-state index contributed by atoms with van der Waals surface area (Å²) in [5.74, 6) is -1.83. The summed E-state index contributed by atoms with van der Waals surface area (Å²) in [6.45, 7) is 0.965. The highest BCUT2D eigenvalue weighted by atomic mass is 19.3. The topological polar surface area (TPSA) is 38.9 Å². The predicted octanol–water partition coefficient (Wildman–Crippen LogP) is 3.22. The molecule has 1 aromatic rings. The van der Waals surface area contributed by atoms with Crippen molar-refractivity contribution in [2.24, 2.45) is 0 Å². The molecule has 1 aromatic heterocycles. The number of alkyl halides is 2. The first-order valence-corrected chi connectivity index (χ1v) is 5.21. The lowest BCUT2D eigenvalue weighted by molar-refractivity contribution is 0.0103. The summed E-state index contributed by atoms with van der Waals surface area (Å²) < 4.78 is 29.4. The van der Waals surface area contributed by atoms with Crippen LogP contribution in [0.15, 0.2) is 10.9 Å². The van der Waals surface area contributed by atoms with Crippen molar-refractivity contribution in [3.8, 4) is 0 Å². The molecule has 0 aliphatic rings. The smallest absolute Gasteiger partial charge is 0.245 e. The van der Waals surface area contributed by atoms with Crippen LogP contribution < -0.4 is 0 Å². The SMILES string of the molecule is CC(F)(F)CCCCCCc1ncon1. The molecule has 0 aliphatic heterocycles. The van der Waals surface area contributed by atoms with Gasteiger partial charge in [-0.25, -0.2) is 8.78 Å². The number of nitrogens with zero attached hydrogens (tertiary/aromatic N) is 2. The molecule has 1 heterocycles. The van der Waals surface area contributed by atoms with Gasteiger partial charge in [-0.1, -0.05) is 18.0 Å². The van der Waals surface area contributed by atoms with E-state index in [0.29, 0.717) is 12.2 Å². The van der Waals surface area contributed by atoms with Crippen LogP contribution in [-0.2, 0) is 6.42 Å². The van der Waals surface area contributed by atoms with Crippen molar-refractivity contribution < 1.29 is 13.3 Å². The van der Waals surface area contributed by atoms with E-state index in [2.05, 4.69) is 14.7 Å².